The van der Waals surface area contributed by atoms with Gasteiger partial charge in [0.2, 0.25) is 0 Å². The Bertz CT molecular complexity index is 323. The SMILES string of the molecule is C1CNC(C2CCN(C3CCC4(CCCC4)CC3)CC2)C1. The van der Waals surface area contributed by atoms with Crippen LogP contribution in [0.5, 0.6) is 0 Å². The van der Waals surface area contributed by atoms with Crippen molar-refractivity contribution in [3.05, 3.63) is 0 Å². The predicted octanol–water partition coefficient (Wildman–Crippen LogP) is 3.95. The molecule has 2 aliphatic carbocycles. The van der Waals surface area contributed by atoms with Crippen LogP contribution in [0.25, 0.3) is 0 Å². The van der Waals surface area contributed by atoms with Crippen LogP contribution in [0.2, 0.25) is 0 Å². The van der Waals surface area contributed by atoms with E-state index in [2.05, 4.69) is 10.2 Å². The fourth-order valence-electron chi connectivity index (χ4n) is 6.01. The number of nitrogens with one attached hydrogen (secondary N) is 1. The summed E-state index contributed by atoms with van der Waals surface area (Å²) in [5, 5.41) is 3.74. The van der Waals surface area contributed by atoms with Crippen molar-refractivity contribution in [2.75, 3.05) is 19.6 Å². The van der Waals surface area contributed by atoms with Gasteiger partial charge in [-0.3, -0.25) is 0 Å². The molecule has 0 aromatic carbocycles. The first-order valence-corrected chi connectivity index (χ1v) is 9.82. The van der Waals surface area contributed by atoms with E-state index in [-0.39, 0.29) is 0 Å². The maximum absolute atomic E-state index is 3.74. The lowest BCUT2D eigenvalue weighted by Gasteiger charge is -2.45. The molecule has 1 unspecified atom stereocenters. The summed E-state index contributed by atoms with van der Waals surface area (Å²) in [5.74, 6) is 0.980. The first-order valence-electron chi connectivity index (χ1n) is 9.82. The molecule has 1 N–H and O–H groups in total. The van der Waals surface area contributed by atoms with E-state index in [0.29, 0.717) is 0 Å². The molecule has 4 aliphatic rings. The summed E-state index contributed by atoms with van der Waals surface area (Å²) in [7, 11) is 0. The van der Waals surface area contributed by atoms with Gasteiger partial charge in [-0.25, -0.2) is 0 Å². The summed E-state index contributed by atoms with van der Waals surface area (Å²) in [6.45, 7) is 4.05. The van der Waals surface area contributed by atoms with Gasteiger partial charge in [-0.1, -0.05) is 12.8 Å². The highest BCUT2D eigenvalue weighted by Gasteiger charge is 2.39. The molecule has 0 amide bonds. The summed E-state index contributed by atoms with van der Waals surface area (Å²) < 4.78 is 0. The topological polar surface area (TPSA) is 15.3 Å². The standard InChI is InChI=1S/C19H34N2/c1-2-10-19(9-1)11-5-17(6-12-19)21-14-7-16(8-15-21)18-4-3-13-20-18/h16-18,20H,1-15H2. The van der Waals surface area contributed by atoms with E-state index in [9.17, 15) is 0 Å². The van der Waals surface area contributed by atoms with E-state index in [1.165, 1.54) is 71.0 Å². The van der Waals surface area contributed by atoms with Crippen LogP contribution in [-0.2, 0) is 0 Å². The van der Waals surface area contributed by atoms with Gasteiger partial charge < -0.3 is 10.2 Å². The Hall–Kier alpha value is -0.0800. The minimum absolute atomic E-state index is 0.808. The van der Waals surface area contributed by atoms with Gasteiger partial charge in [0.05, 0.1) is 0 Å². The Morgan fingerprint density at radius 2 is 1.48 bits per heavy atom. The molecule has 2 saturated heterocycles. The highest BCUT2D eigenvalue weighted by Crippen LogP contribution is 2.49. The Kier molecular flexibility index (Phi) is 4.28. The van der Waals surface area contributed by atoms with Gasteiger partial charge in [0.1, 0.15) is 0 Å². The number of rotatable bonds is 2. The molecule has 1 atom stereocenters. The molecule has 0 radical (unpaired) electrons. The minimum Gasteiger partial charge on any atom is -0.314 e. The Labute approximate surface area is 131 Å². The lowest BCUT2D eigenvalue weighted by Crippen LogP contribution is -2.47. The van der Waals surface area contributed by atoms with E-state index in [1.807, 2.05) is 0 Å². The molecular weight excluding hydrogens is 256 g/mol. The third kappa shape index (κ3) is 3.03. The molecule has 2 heterocycles. The Balaban J connectivity index is 1.25. The lowest BCUT2D eigenvalue weighted by atomic mass is 9.71. The number of nitrogens with zero attached hydrogens (tertiary/aromatic N) is 1. The molecule has 0 bridgehead atoms. The van der Waals surface area contributed by atoms with E-state index in [1.54, 1.807) is 25.7 Å². The van der Waals surface area contributed by atoms with Crippen molar-refractivity contribution in [3.8, 4) is 0 Å². The van der Waals surface area contributed by atoms with Crippen molar-refractivity contribution in [3.63, 3.8) is 0 Å². The zero-order valence-electron chi connectivity index (χ0n) is 13.8. The zero-order chi connectivity index (χ0) is 14.1. The molecule has 2 heteroatoms. The molecule has 0 aromatic rings. The van der Waals surface area contributed by atoms with Gasteiger partial charge in [-0.05, 0) is 95.2 Å². The van der Waals surface area contributed by atoms with Gasteiger partial charge in [0, 0.05) is 12.1 Å². The van der Waals surface area contributed by atoms with Crippen LogP contribution < -0.4 is 5.32 Å². The highest BCUT2D eigenvalue weighted by molar-refractivity contribution is 4.93. The van der Waals surface area contributed by atoms with Gasteiger partial charge in [0.15, 0.2) is 0 Å². The fourth-order valence-corrected chi connectivity index (χ4v) is 6.01. The fraction of sp³-hybridized carbons (Fsp3) is 1.00. The number of hydrogen-bond donors (Lipinski definition) is 1. The van der Waals surface area contributed by atoms with E-state index in [4.69, 9.17) is 0 Å². The molecular formula is C19H34N2. The number of hydrogen-bond acceptors (Lipinski definition) is 2. The molecule has 2 saturated carbocycles. The minimum atomic E-state index is 0.808. The maximum atomic E-state index is 3.74. The smallest absolute Gasteiger partial charge is 0.00967 e. The van der Waals surface area contributed by atoms with Crippen molar-refractivity contribution >= 4 is 0 Å². The van der Waals surface area contributed by atoms with Gasteiger partial charge in [0.25, 0.3) is 0 Å². The zero-order valence-corrected chi connectivity index (χ0v) is 13.8. The molecule has 21 heavy (non-hydrogen) atoms. The summed E-state index contributed by atoms with van der Waals surface area (Å²) in [5.41, 5.74) is 0.808. The Morgan fingerprint density at radius 1 is 0.762 bits per heavy atom. The van der Waals surface area contributed by atoms with Crippen LogP contribution in [0.4, 0.5) is 0 Å². The van der Waals surface area contributed by atoms with Crippen molar-refractivity contribution in [1.82, 2.24) is 10.2 Å². The quantitative estimate of drug-likeness (QED) is 0.828. The van der Waals surface area contributed by atoms with Crippen LogP contribution in [0.3, 0.4) is 0 Å². The van der Waals surface area contributed by atoms with Gasteiger partial charge >= 0.3 is 0 Å². The molecule has 2 nitrogen and oxygen atoms in total. The molecule has 1 spiro atoms. The van der Waals surface area contributed by atoms with Crippen molar-refractivity contribution in [1.29, 1.82) is 0 Å². The van der Waals surface area contributed by atoms with Crippen LogP contribution in [0.15, 0.2) is 0 Å². The summed E-state index contributed by atoms with van der Waals surface area (Å²) >= 11 is 0. The molecule has 120 valence electrons. The third-order valence-corrected chi connectivity index (χ3v) is 7.44. The monoisotopic (exact) mass is 290 g/mol. The van der Waals surface area contributed by atoms with Gasteiger partial charge in [-0.2, -0.15) is 0 Å². The van der Waals surface area contributed by atoms with Crippen molar-refractivity contribution < 1.29 is 0 Å². The summed E-state index contributed by atoms with van der Waals surface area (Å²) in [6, 6.07) is 1.80. The summed E-state index contributed by atoms with van der Waals surface area (Å²) in [4.78, 5) is 2.87. The van der Waals surface area contributed by atoms with Crippen LogP contribution in [0, 0.1) is 11.3 Å². The second-order valence-corrected chi connectivity index (χ2v) is 8.51. The summed E-state index contributed by atoms with van der Waals surface area (Å²) in [6.07, 6.45) is 18.0. The first kappa shape index (κ1) is 14.5. The first-order chi connectivity index (χ1) is 10.3. The highest BCUT2D eigenvalue weighted by atomic mass is 15.2. The average Bonchev–Trinajstić information content (AvgIpc) is 3.21. The van der Waals surface area contributed by atoms with Crippen molar-refractivity contribution in [2.45, 2.75) is 89.1 Å². The maximum Gasteiger partial charge on any atom is 0.00967 e. The Morgan fingerprint density at radius 3 is 2.10 bits per heavy atom. The molecule has 4 rings (SSSR count). The molecule has 2 aliphatic heterocycles. The van der Waals surface area contributed by atoms with Crippen LogP contribution in [-0.4, -0.2) is 36.6 Å². The van der Waals surface area contributed by atoms with E-state index in [0.717, 1.165) is 23.4 Å². The third-order valence-electron chi connectivity index (χ3n) is 7.44. The largest absolute Gasteiger partial charge is 0.314 e. The average molecular weight is 290 g/mol. The van der Waals surface area contributed by atoms with Gasteiger partial charge in [-0.15, -0.1) is 0 Å². The number of piperidine rings is 1. The second kappa shape index (κ2) is 6.20. The normalized spacial score (nSPS) is 35.7. The van der Waals surface area contributed by atoms with E-state index >= 15 is 0 Å². The second-order valence-electron chi connectivity index (χ2n) is 8.51. The predicted molar refractivity (Wildman–Crippen MR) is 88.5 cm³/mol. The molecule has 0 aromatic heterocycles. The van der Waals surface area contributed by atoms with Crippen molar-refractivity contribution in [2.24, 2.45) is 11.3 Å². The van der Waals surface area contributed by atoms with Crippen LogP contribution in [0.1, 0.15) is 77.0 Å². The molecule has 4 fully saturated rings. The van der Waals surface area contributed by atoms with Crippen LogP contribution >= 0.6 is 0 Å². The number of likely N-dealkylation sites (tertiary alicyclic amines) is 1. The van der Waals surface area contributed by atoms with E-state index < -0.39 is 0 Å². The lowest BCUT2D eigenvalue weighted by molar-refractivity contribution is 0.0602.